The summed E-state index contributed by atoms with van der Waals surface area (Å²) in [5, 5.41) is 0.125. The van der Waals surface area contributed by atoms with Gasteiger partial charge in [0.15, 0.2) is 0 Å². The Morgan fingerprint density at radius 2 is 2.22 bits per heavy atom. The summed E-state index contributed by atoms with van der Waals surface area (Å²) in [4.78, 5) is 24.1. The summed E-state index contributed by atoms with van der Waals surface area (Å²) in [7, 11) is 0. The number of primary amides is 1. The summed E-state index contributed by atoms with van der Waals surface area (Å²) in [5.41, 5.74) is 5.05. The standard InChI is InChI=1S/C12H18N2O3S/c1-2-7-17-12(16)14-8-10(18)5-3-9(14)4-6-11(13)15/h2,4,6,9-10,18H,1,3,5,7-8H2,(H2,13,15)/b6-4+/t9-,10+/m1/s1. The van der Waals surface area contributed by atoms with E-state index in [0.717, 1.165) is 12.8 Å². The average molecular weight is 270 g/mol. The third-order valence-corrected chi connectivity index (χ3v) is 3.07. The average Bonchev–Trinajstić information content (AvgIpc) is 2.34. The van der Waals surface area contributed by atoms with Crippen LogP contribution in [0.25, 0.3) is 0 Å². The van der Waals surface area contributed by atoms with Crippen LogP contribution >= 0.6 is 12.6 Å². The molecule has 0 unspecified atom stereocenters. The molecule has 0 radical (unpaired) electrons. The van der Waals surface area contributed by atoms with Gasteiger partial charge in [0.1, 0.15) is 6.61 Å². The lowest BCUT2D eigenvalue weighted by Gasteiger charge is -2.35. The Labute approximate surface area is 112 Å². The molecule has 2 amide bonds. The van der Waals surface area contributed by atoms with Crippen molar-refractivity contribution in [3.05, 3.63) is 24.8 Å². The molecular formula is C12H18N2O3S. The molecule has 1 saturated heterocycles. The van der Waals surface area contributed by atoms with Gasteiger partial charge in [0.05, 0.1) is 6.04 Å². The van der Waals surface area contributed by atoms with E-state index in [1.54, 1.807) is 11.0 Å². The second-order valence-corrected chi connectivity index (χ2v) is 4.81. The zero-order valence-corrected chi connectivity index (χ0v) is 11.0. The van der Waals surface area contributed by atoms with Crippen LogP contribution < -0.4 is 5.73 Å². The zero-order valence-electron chi connectivity index (χ0n) is 10.1. The van der Waals surface area contributed by atoms with Crippen molar-refractivity contribution in [1.82, 2.24) is 4.90 Å². The minimum atomic E-state index is -0.526. The molecule has 2 N–H and O–H groups in total. The quantitative estimate of drug-likeness (QED) is 0.457. The van der Waals surface area contributed by atoms with Gasteiger partial charge in [0, 0.05) is 17.9 Å². The molecule has 1 heterocycles. The van der Waals surface area contributed by atoms with Gasteiger partial charge in [0.25, 0.3) is 0 Å². The number of carbonyl (C=O) groups is 2. The van der Waals surface area contributed by atoms with E-state index in [-0.39, 0.29) is 17.9 Å². The molecule has 0 aliphatic carbocycles. The fourth-order valence-corrected chi connectivity index (χ4v) is 2.13. The number of thiol groups is 1. The Morgan fingerprint density at radius 1 is 1.50 bits per heavy atom. The molecule has 5 nitrogen and oxygen atoms in total. The number of piperidine rings is 1. The Morgan fingerprint density at radius 3 is 2.83 bits per heavy atom. The summed E-state index contributed by atoms with van der Waals surface area (Å²) in [6, 6.07) is -0.168. The lowest BCUT2D eigenvalue weighted by atomic mass is 10.0. The van der Waals surface area contributed by atoms with Gasteiger partial charge in [-0.1, -0.05) is 18.7 Å². The minimum Gasteiger partial charge on any atom is -0.445 e. The van der Waals surface area contributed by atoms with Gasteiger partial charge in [-0.25, -0.2) is 4.79 Å². The fourth-order valence-electron chi connectivity index (χ4n) is 1.80. The number of rotatable bonds is 4. The van der Waals surface area contributed by atoms with E-state index in [4.69, 9.17) is 10.5 Å². The van der Waals surface area contributed by atoms with E-state index in [0.29, 0.717) is 6.54 Å². The second-order valence-electron chi connectivity index (χ2n) is 4.08. The first-order valence-corrected chi connectivity index (χ1v) is 6.26. The molecule has 100 valence electrons. The predicted octanol–water partition coefficient (Wildman–Crippen LogP) is 1.11. The first-order chi connectivity index (χ1) is 8.54. The number of ether oxygens (including phenoxy) is 1. The van der Waals surface area contributed by atoms with Crippen molar-refractivity contribution >= 4 is 24.6 Å². The van der Waals surface area contributed by atoms with Crippen molar-refractivity contribution in [3.63, 3.8) is 0 Å². The van der Waals surface area contributed by atoms with E-state index in [1.165, 1.54) is 12.2 Å². The monoisotopic (exact) mass is 270 g/mol. The molecule has 0 saturated carbocycles. The molecule has 1 aliphatic rings. The highest BCUT2D eigenvalue weighted by Crippen LogP contribution is 2.22. The van der Waals surface area contributed by atoms with Gasteiger partial charge in [-0.05, 0) is 12.8 Å². The van der Waals surface area contributed by atoms with Crippen LogP contribution in [0.4, 0.5) is 4.79 Å². The lowest BCUT2D eigenvalue weighted by Crippen LogP contribution is -2.47. The van der Waals surface area contributed by atoms with Crippen LogP contribution in [0.15, 0.2) is 24.8 Å². The molecule has 0 spiro atoms. The number of carbonyl (C=O) groups excluding carboxylic acids is 2. The van der Waals surface area contributed by atoms with E-state index >= 15 is 0 Å². The van der Waals surface area contributed by atoms with Crippen LogP contribution in [0.3, 0.4) is 0 Å². The Hall–Kier alpha value is -1.43. The van der Waals surface area contributed by atoms with Crippen LogP contribution in [0.1, 0.15) is 12.8 Å². The Bertz CT molecular complexity index is 357. The molecule has 0 aromatic heterocycles. The Balaban J connectivity index is 2.69. The molecule has 1 rings (SSSR count). The predicted molar refractivity (Wildman–Crippen MR) is 72.4 cm³/mol. The van der Waals surface area contributed by atoms with Gasteiger partial charge in [-0.2, -0.15) is 12.6 Å². The first kappa shape index (κ1) is 14.6. The van der Waals surface area contributed by atoms with Gasteiger partial charge in [0.2, 0.25) is 5.91 Å². The molecule has 0 aromatic carbocycles. The van der Waals surface area contributed by atoms with E-state index in [1.807, 2.05) is 0 Å². The maximum absolute atomic E-state index is 11.8. The number of hydrogen-bond donors (Lipinski definition) is 2. The van der Waals surface area contributed by atoms with Crippen molar-refractivity contribution in [2.24, 2.45) is 5.73 Å². The van der Waals surface area contributed by atoms with Gasteiger partial charge >= 0.3 is 6.09 Å². The van der Waals surface area contributed by atoms with Crippen LogP contribution in [0.5, 0.6) is 0 Å². The second kappa shape index (κ2) is 7.10. The first-order valence-electron chi connectivity index (χ1n) is 5.74. The number of likely N-dealkylation sites (tertiary alicyclic amines) is 1. The fraction of sp³-hybridized carbons (Fsp3) is 0.500. The summed E-state index contributed by atoms with van der Waals surface area (Å²) in [6.45, 7) is 4.14. The molecular weight excluding hydrogens is 252 g/mol. The number of amides is 2. The SMILES string of the molecule is C=CCOC(=O)N1C[C@@H](S)CC[C@@H]1/C=C/C(N)=O. The third-order valence-electron chi connectivity index (χ3n) is 2.65. The maximum atomic E-state index is 11.8. The topological polar surface area (TPSA) is 72.6 Å². The smallest absolute Gasteiger partial charge is 0.410 e. The van der Waals surface area contributed by atoms with Gasteiger partial charge < -0.3 is 15.4 Å². The van der Waals surface area contributed by atoms with Crippen molar-refractivity contribution in [2.75, 3.05) is 13.2 Å². The highest BCUT2D eigenvalue weighted by Gasteiger charge is 2.29. The van der Waals surface area contributed by atoms with E-state index < -0.39 is 12.0 Å². The molecule has 1 aliphatic heterocycles. The van der Waals surface area contributed by atoms with Gasteiger partial charge in [-0.3, -0.25) is 4.79 Å². The van der Waals surface area contributed by atoms with Gasteiger partial charge in [-0.15, -0.1) is 0 Å². The van der Waals surface area contributed by atoms with Crippen molar-refractivity contribution in [3.8, 4) is 0 Å². The number of nitrogens with zero attached hydrogens (tertiary/aromatic N) is 1. The largest absolute Gasteiger partial charge is 0.445 e. The summed E-state index contributed by atoms with van der Waals surface area (Å²) >= 11 is 4.37. The minimum absolute atomic E-state index is 0.125. The molecule has 0 bridgehead atoms. The van der Waals surface area contributed by atoms with Crippen LogP contribution in [0.2, 0.25) is 0 Å². The lowest BCUT2D eigenvalue weighted by molar-refractivity contribution is -0.113. The highest BCUT2D eigenvalue weighted by molar-refractivity contribution is 7.81. The molecule has 2 atom stereocenters. The van der Waals surface area contributed by atoms with Crippen LogP contribution in [0, 0.1) is 0 Å². The molecule has 6 heteroatoms. The summed E-state index contributed by atoms with van der Waals surface area (Å²) in [5.74, 6) is -0.526. The van der Waals surface area contributed by atoms with Crippen molar-refractivity contribution in [1.29, 1.82) is 0 Å². The maximum Gasteiger partial charge on any atom is 0.410 e. The van der Waals surface area contributed by atoms with Crippen LogP contribution in [-0.2, 0) is 9.53 Å². The Kier molecular flexibility index (Phi) is 5.77. The molecule has 18 heavy (non-hydrogen) atoms. The number of nitrogens with two attached hydrogens (primary N) is 1. The van der Waals surface area contributed by atoms with Crippen LogP contribution in [-0.4, -0.2) is 41.3 Å². The molecule has 1 fully saturated rings. The van der Waals surface area contributed by atoms with Crippen molar-refractivity contribution < 1.29 is 14.3 Å². The normalized spacial score (nSPS) is 23.9. The zero-order chi connectivity index (χ0) is 13.5. The molecule has 0 aromatic rings. The third kappa shape index (κ3) is 4.44. The van der Waals surface area contributed by atoms with Crippen molar-refractivity contribution in [2.45, 2.75) is 24.1 Å². The highest BCUT2D eigenvalue weighted by atomic mass is 32.1. The summed E-state index contributed by atoms with van der Waals surface area (Å²) < 4.78 is 5.00. The van der Waals surface area contributed by atoms with E-state index in [9.17, 15) is 9.59 Å². The number of hydrogen-bond acceptors (Lipinski definition) is 4. The van der Waals surface area contributed by atoms with E-state index in [2.05, 4.69) is 19.2 Å². The summed E-state index contributed by atoms with van der Waals surface area (Å²) in [6.07, 6.45) is 5.61.